The molecule has 1 aliphatic rings. The summed E-state index contributed by atoms with van der Waals surface area (Å²) in [5.41, 5.74) is 3.11. The quantitative estimate of drug-likeness (QED) is 0.132. The predicted octanol–water partition coefficient (Wildman–Crippen LogP) is 8.52. The van der Waals surface area contributed by atoms with Crippen LogP contribution in [-0.2, 0) is 14.3 Å². The number of thiophene rings is 1. The van der Waals surface area contributed by atoms with Crippen molar-refractivity contribution in [1.29, 1.82) is 0 Å². The molecule has 4 heterocycles. The molecule has 1 atom stereocenters. The van der Waals surface area contributed by atoms with Crippen LogP contribution in [0.4, 0.5) is 4.79 Å². The molecule has 248 valence electrons. The molecule has 47 heavy (non-hydrogen) atoms. The highest BCUT2D eigenvalue weighted by molar-refractivity contribution is 7.22. The zero-order chi connectivity index (χ0) is 33.3. The first-order valence-corrected chi connectivity index (χ1v) is 17.2. The average molecular weight is 657 g/mol. The first kappa shape index (κ1) is 32.8. The lowest BCUT2D eigenvalue weighted by molar-refractivity contribution is -0.161. The number of piperidine rings is 1. The number of aromatic nitrogens is 3. The van der Waals surface area contributed by atoms with Crippen molar-refractivity contribution in [2.75, 3.05) is 26.2 Å². The van der Waals surface area contributed by atoms with E-state index in [-0.39, 0.29) is 12.1 Å². The highest BCUT2D eigenvalue weighted by Crippen LogP contribution is 2.40. The molecular formula is C37H44N4O5S. The van der Waals surface area contributed by atoms with Gasteiger partial charge >= 0.3 is 12.1 Å². The predicted molar refractivity (Wildman–Crippen MR) is 187 cm³/mol. The second-order valence-electron chi connectivity index (χ2n) is 14.3. The maximum absolute atomic E-state index is 13.2. The number of H-pyrrole nitrogens is 1. The van der Waals surface area contributed by atoms with Crippen molar-refractivity contribution in [2.45, 2.75) is 72.5 Å². The van der Waals surface area contributed by atoms with Gasteiger partial charge in [0.2, 0.25) is 0 Å². The second kappa shape index (κ2) is 13.2. The lowest BCUT2D eigenvalue weighted by atomic mass is 9.97. The Bertz CT molecular complexity index is 1880. The van der Waals surface area contributed by atoms with Crippen molar-refractivity contribution in [1.82, 2.24) is 19.7 Å². The zero-order valence-corrected chi connectivity index (χ0v) is 28.9. The van der Waals surface area contributed by atoms with Gasteiger partial charge in [-0.3, -0.25) is 9.69 Å². The van der Waals surface area contributed by atoms with E-state index in [9.17, 15) is 9.59 Å². The summed E-state index contributed by atoms with van der Waals surface area (Å²) in [7, 11) is 0. The van der Waals surface area contributed by atoms with Gasteiger partial charge in [-0.15, -0.1) is 11.3 Å². The number of likely N-dealkylation sites (tertiary alicyclic amines) is 1. The highest BCUT2D eigenvalue weighted by atomic mass is 32.1. The Morgan fingerprint density at radius 1 is 1.02 bits per heavy atom. The van der Waals surface area contributed by atoms with E-state index >= 15 is 0 Å². The number of hydrogen-bond donors (Lipinski definition) is 1. The van der Waals surface area contributed by atoms with E-state index < -0.39 is 17.1 Å². The molecule has 0 aliphatic carbocycles. The monoisotopic (exact) mass is 656 g/mol. The summed E-state index contributed by atoms with van der Waals surface area (Å²) in [6.07, 6.45) is 2.26. The van der Waals surface area contributed by atoms with E-state index in [0.717, 1.165) is 76.4 Å². The van der Waals surface area contributed by atoms with Crippen molar-refractivity contribution >= 4 is 44.5 Å². The van der Waals surface area contributed by atoms with Gasteiger partial charge in [-0.05, 0) is 97.2 Å². The molecule has 6 rings (SSSR count). The summed E-state index contributed by atoms with van der Waals surface area (Å²) in [4.78, 5) is 32.5. The van der Waals surface area contributed by atoms with Crippen LogP contribution in [0, 0.1) is 5.41 Å². The smallest absolute Gasteiger partial charge is 0.435 e. The number of nitrogens with one attached hydrogen (secondary N) is 1. The van der Waals surface area contributed by atoms with Crippen LogP contribution < -0.4 is 4.74 Å². The molecule has 0 spiro atoms. The standard InChI is InChI=1S/C37H44N4O5S/c1-36(2,3)34(42)45-27-14-10-17-40(23-27)18-11-19-44-26-16-15-25-20-29(38-28(25)21-26)32-33-30(41(39-32)35(43)46-37(4,5)6)22-31(47-33)24-12-8-7-9-13-24/h7-9,12-13,15-16,20-22,27,38H,10-11,14,17-19,23H2,1-6H3. The third-order valence-corrected chi connectivity index (χ3v) is 9.25. The van der Waals surface area contributed by atoms with Crippen molar-refractivity contribution < 1.29 is 23.8 Å². The van der Waals surface area contributed by atoms with Gasteiger partial charge in [-0.25, -0.2) is 4.79 Å². The fourth-order valence-corrected chi connectivity index (χ4v) is 6.86. The number of esters is 1. The number of carbonyl (C=O) groups is 2. The Balaban J connectivity index is 1.15. The Hall–Kier alpha value is -4.15. The Labute approximate surface area is 279 Å². The first-order chi connectivity index (χ1) is 22.3. The topological polar surface area (TPSA) is 98.7 Å². The number of benzene rings is 2. The molecule has 2 aromatic carbocycles. The third kappa shape index (κ3) is 7.71. The third-order valence-electron chi connectivity index (χ3n) is 8.07. The first-order valence-electron chi connectivity index (χ1n) is 16.3. The summed E-state index contributed by atoms with van der Waals surface area (Å²) in [5, 5.41) is 5.78. The zero-order valence-electron chi connectivity index (χ0n) is 28.1. The molecule has 0 bridgehead atoms. The fraction of sp³-hybridized carbons (Fsp3) is 0.432. The number of fused-ring (bicyclic) bond motifs is 2. The van der Waals surface area contributed by atoms with Crippen molar-refractivity contribution in [2.24, 2.45) is 5.41 Å². The largest absolute Gasteiger partial charge is 0.493 e. The van der Waals surface area contributed by atoms with Crippen LogP contribution in [0.1, 0.15) is 60.8 Å². The minimum absolute atomic E-state index is 0.0447. The Kier molecular flexibility index (Phi) is 9.18. The van der Waals surface area contributed by atoms with Gasteiger partial charge in [0.15, 0.2) is 0 Å². The van der Waals surface area contributed by atoms with Crippen molar-refractivity contribution in [3.8, 4) is 27.6 Å². The lowest BCUT2D eigenvalue weighted by Gasteiger charge is -2.33. The van der Waals surface area contributed by atoms with Crippen LogP contribution >= 0.6 is 11.3 Å². The van der Waals surface area contributed by atoms with Gasteiger partial charge in [0, 0.05) is 34.9 Å². The average Bonchev–Trinajstić information content (AvgIpc) is 3.72. The Morgan fingerprint density at radius 2 is 1.81 bits per heavy atom. The number of nitrogens with zero attached hydrogens (tertiary/aromatic N) is 3. The van der Waals surface area contributed by atoms with Gasteiger partial charge < -0.3 is 19.2 Å². The summed E-state index contributed by atoms with van der Waals surface area (Å²) in [6.45, 7) is 14.5. The molecule has 3 aromatic heterocycles. The van der Waals surface area contributed by atoms with E-state index in [2.05, 4.69) is 28.1 Å². The fourth-order valence-electron chi connectivity index (χ4n) is 5.72. The van der Waals surface area contributed by atoms with Crippen LogP contribution in [0.25, 0.3) is 42.9 Å². The lowest BCUT2D eigenvalue weighted by Crippen LogP contribution is -2.42. The van der Waals surface area contributed by atoms with Crippen LogP contribution in [0.3, 0.4) is 0 Å². The number of ether oxygens (including phenoxy) is 3. The Morgan fingerprint density at radius 3 is 2.55 bits per heavy atom. The second-order valence-corrected chi connectivity index (χ2v) is 15.3. The summed E-state index contributed by atoms with van der Waals surface area (Å²) in [6, 6.07) is 20.2. The van der Waals surface area contributed by atoms with E-state index in [4.69, 9.17) is 19.3 Å². The van der Waals surface area contributed by atoms with E-state index in [1.165, 1.54) is 4.68 Å². The van der Waals surface area contributed by atoms with Crippen LogP contribution in [0.5, 0.6) is 5.75 Å². The maximum Gasteiger partial charge on any atom is 0.435 e. The SMILES string of the molecule is CC(C)(C)OC(=O)n1nc(-c2cc3ccc(OCCCN4CCCC(OC(=O)C(C)(C)C)C4)cc3[nH]2)c2sc(-c3ccccc3)cc21. The number of aromatic amines is 1. The molecule has 1 fully saturated rings. The molecule has 1 N–H and O–H groups in total. The van der Waals surface area contributed by atoms with Crippen LogP contribution in [0.2, 0.25) is 0 Å². The van der Waals surface area contributed by atoms with Gasteiger partial charge in [-0.2, -0.15) is 9.78 Å². The normalized spacial score (nSPS) is 16.1. The number of carbonyl (C=O) groups excluding carboxylic acids is 2. The molecule has 0 radical (unpaired) electrons. The highest BCUT2D eigenvalue weighted by Gasteiger charge is 2.29. The molecule has 5 aromatic rings. The maximum atomic E-state index is 13.2. The van der Waals surface area contributed by atoms with E-state index in [1.807, 2.05) is 84.0 Å². The molecule has 1 unspecified atom stereocenters. The van der Waals surface area contributed by atoms with Gasteiger partial charge in [0.05, 0.1) is 27.9 Å². The number of rotatable bonds is 8. The molecule has 1 saturated heterocycles. The van der Waals surface area contributed by atoms with Gasteiger partial charge in [0.25, 0.3) is 0 Å². The van der Waals surface area contributed by atoms with Crippen molar-refractivity contribution in [3.05, 3.63) is 60.7 Å². The minimum atomic E-state index is -0.650. The molecule has 0 amide bonds. The summed E-state index contributed by atoms with van der Waals surface area (Å²) >= 11 is 1.61. The molecular weight excluding hydrogens is 612 g/mol. The number of hydrogen-bond acceptors (Lipinski definition) is 8. The molecule has 0 saturated carbocycles. The molecule has 1 aliphatic heterocycles. The van der Waals surface area contributed by atoms with Gasteiger partial charge in [0.1, 0.15) is 23.1 Å². The van der Waals surface area contributed by atoms with Crippen molar-refractivity contribution in [3.63, 3.8) is 0 Å². The summed E-state index contributed by atoms with van der Waals surface area (Å²) in [5.74, 6) is 0.650. The van der Waals surface area contributed by atoms with Gasteiger partial charge in [-0.1, -0.05) is 30.3 Å². The minimum Gasteiger partial charge on any atom is -0.493 e. The molecule has 9 nitrogen and oxygen atoms in total. The molecule has 10 heteroatoms. The van der Waals surface area contributed by atoms with Crippen LogP contribution in [0.15, 0.2) is 60.7 Å². The van der Waals surface area contributed by atoms with E-state index in [1.54, 1.807) is 11.3 Å². The van der Waals surface area contributed by atoms with Crippen LogP contribution in [-0.4, -0.2) is 69.7 Å². The van der Waals surface area contributed by atoms with E-state index in [0.29, 0.717) is 17.8 Å². The summed E-state index contributed by atoms with van der Waals surface area (Å²) < 4.78 is 19.9.